The maximum Gasteiger partial charge on any atom is 0.231 e. The maximum absolute atomic E-state index is 5.86. The zero-order valence-electron chi connectivity index (χ0n) is 10.2. The fourth-order valence-electron chi connectivity index (χ4n) is 1.82. The van der Waals surface area contributed by atoms with Crippen molar-refractivity contribution in [2.75, 3.05) is 12.5 Å². The molecule has 1 aromatic heterocycles. The first-order chi connectivity index (χ1) is 8.65. The molecule has 1 aliphatic rings. The molecule has 0 spiro atoms. The van der Waals surface area contributed by atoms with Crippen LogP contribution in [0.2, 0.25) is 0 Å². The van der Waals surface area contributed by atoms with E-state index in [1.807, 2.05) is 32.0 Å². The first-order valence-electron chi connectivity index (χ1n) is 5.66. The summed E-state index contributed by atoms with van der Waals surface area (Å²) in [6, 6.07) is 5.62. The summed E-state index contributed by atoms with van der Waals surface area (Å²) in [7, 11) is 0. The van der Waals surface area contributed by atoms with E-state index in [0.717, 1.165) is 22.6 Å². The molecular weight excluding hydrogens is 230 g/mol. The lowest BCUT2D eigenvalue weighted by atomic mass is 10.1. The van der Waals surface area contributed by atoms with Crippen molar-refractivity contribution in [3.05, 3.63) is 29.5 Å². The molecule has 0 atom stereocenters. The molecule has 0 aliphatic carbocycles. The van der Waals surface area contributed by atoms with E-state index in [0.29, 0.717) is 17.4 Å². The highest BCUT2D eigenvalue weighted by molar-refractivity contribution is 5.63. The number of hydrogen-bond donors (Lipinski definition) is 1. The highest BCUT2D eigenvalue weighted by atomic mass is 16.7. The molecule has 0 unspecified atom stereocenters. The van der Waals surface area contributed by atoms with Gasteiger partial charge in [0.05, 0.1) is 0 Å². The minimum absolute atomic E-state index is 0.259. The van der Waals surface area contributed by atoms with Crippen LogP contribution >= 0.6 is 0 Å². The Kier molecular flexibility index (Phi) is 2.33. The average molecular weight is 243 g/mol. The molecule has 0 amide bonds. The van der Waals surface area contributed by atoms with Crippen molar-refractivity contribution in [2.24, 2.45) is 0 Å². The molecule has 2 heterocycles. The van der Waals surface area contributed by atoms with Crippen LogP contribution in [0.25, 0.3) is 11.4 Å². The van der Waals surface area contributed by atoms with Gasteiger partial charge < -0.3 is 15.2 Å². The summed E-state index contributed by atoms with van der Waals surface area (Å²) in [6.45, 7) is 4.09. The van der Waals surface area contributed by atoms with Crippen LogP contribution in [0.1, 0.15) is 11.3 Å². The SMILES string of the molecule is Cc1nc(-c2ccc3c(c2)OCO3)nc(N)c1C. The van der Waals surface area contributed by atoms with Gasteiger partial charge in [0.25, 0.3) is 0 Å². The third-order valence-electron chi connectivity index (χ3n) is 3.06. The lowest BCUT2D eigenvalue weighted by Crippen LogP contribution is -2.02. The summed E-state index contributed by atoms with van der Waals surface area (Å²) in [6.07, 6.45) is 0. The second-order valence-electron chi connectivity index (χ2n) is 4.21. The number of fused-ring (bicyclic) bond motifs is 1. The van der Waals surface area contributed by atoms with Crippen LogP contribution in [0.3, 0.4) is 0 Å². The predicted octanol–water partition coefficient (Wildman–Crippen LogP) is 2.07. The van der Waals surface area contributed by atoms with Gasteiger partial charge >= 0.3 is 0 Å². The van der Waals surface area contributed by atoms with Crippen molar-refractivity contribution < 1.29 is 9.47 Å². The van der Waals surface area contributed by atoms with Gasteiger partial charge in [0.2, 0.25) is 6.79 Å². The summed E-state index contributed by atoms with van der Waals surface area (Å²) >= 11 is 0. The van der Waals surface area contributed by atoms with Crippen LogP contribution < -0.4 is 15.2 Å². The van der Waals surface area contributed by atoms with Crippen LogP contribution in [0.5, 0.6) is 11.5 Å². The van der Waals surface area contributed by atoms with Crippen molar-refractivity contribution >= 4 is 5.82 Å². The zero-order chi connectivity index (χ0) is 12.7. The van der Waals surface area contributed by atoms with Gasteiger partial charge in [-0.2, -0.15) is 0 Å². The number of hydrogen-bond acceptors (Lipinski definition) is 5. The highest BCUT2D eigenvalue weighted by Crippen LogP contribution is 2.35. The lowest BCUT2D eigenvalue weighted by Gasteiger charge is -2.07. The van der Waals surface area contributed by atoms with E-state index in [-0.39, 0.29) is 6.79 Å². The molecule has 0 fully saturated rings. The summed E-state index contributed by atoms with van der Waals surface area (Å²) < 4.78 is 10.6. The Labute approximate surface area is 105 Å². The minimum atomic E-state index is 0.259. The molecule has 3 rings (SSSR count). The monoisotopic (exact) mass is 243 g/mol. The number of nitrogens with zero attached hydrogens (tertiary/aromatic N) is 2. The Hall–Kier alpha value is -2.30. The Morgan fingerprint density at radius 2 is 1.89 bits per heavy atom. The Bertz CT molecular complexity index is 603. The van der Waals surface area contributed by atoms with E-state index >= 15 is 0 Å². The molecule has 5 nitrogen and oxygen atoms in total. The standard InChI is InChI=1S/C13H13N3O2/c1-7-8(2)15-13(16-12(7)14)9-3-4-10-11(5-9)18-6-17-10/h3-5H,6H2,1-2H3,(H2,14,15,16). The third kappa shape index (κ3) is 1.64. The minimum Gasteiger partial charge on any atom is -0.454 e. The molecular formula is C13H13N3O2. The topological polar surface area (TPSA) is 70.3 Å². The number of aryl methyl sites for hydroxylation is 1. The second-order valence-corrected chi connectivity index (χ2v) is 4.21. The van der Waals surface area contributed by atoms with E-state index in [4.69, 9.17) is 15.2 Å². The largest absolute Gasteiger partial charge is 0.454 e. The van der Waals surface area contributed by atoms with Crippen molar-refractivity contribution in [3.8, 4) is 22.9 Å². The first kappa shape index (κ1) is 10.8. The fourth-order valence-corrected chi connectivity index (χ4v) is 1.82. The molecule has 5 heteroatoms. The smallest absolute Gasteiger partial charge is 0.231 e. The van der Waals surface area contributed by atoms with E-state index in [9.17, 15) is 0 Å². The van der Waals surface area contributed by atoms with Gasteiger partial charge in [0, 0.05) is 16.8 Å². The summed E-state index contributed by atoms with van der Waals surface area (Å²) in [5, 5.41) is 0. The van der Waals surface area contributed by atoms with E-state index in [1.165, 1.54) is 0 Å². The molecule has 0 bridgehead atoms. The van der Waals surface area contributed by atoms with Crippen LogP contribution in [-0.2, 0) is 0 Å². The van der Waals surface area contributed by atoms with Gasteiger partial charge in [-0.3, -0.25) is 0 Å². The van der Waals surface area contributed by atoms with Crippen LogP contribution in [-0.4, -0.2) is 16.8 Å². The number of rotatable bonds is 1. The second kappa shape index (κ2) is 3.87. The Morgan fingerprint density at radius 1 is 1.11 bits per heavy atom. The van der Waals surface area contributed by atoms with Gasteiger partial charge in [0.1, 0.15) is 5.82 Å². The third-order valence-corrected chi connectivity index (χ3v) is 3.06. The average Bonchev–Trinajstić information content (AvgIpc) is 2.82. The van der Waals surface area contributed by atoms with Crippen molar-refractivity contribution in [1.82, 2.24) is 9.97 Å². The molecule has 1 aromatic carbocycles. The lowest BCUT2D eigenvalue weighted by molar-refractivity contribution is 0.174. The molecule has 92 valence electrons. The summed E-state index contributed by atoms with van der Waals surface area (Å²) in [5.41, 5.74) is 8.53. The quantitative estimate of drug-likeness (QED) is 0.830. The first-order valence-corrected chi connectivity index (χ1v) is 5.66. The van der Waals surface area contributed by atoms with Gasteiger partial charge in [0.15, 0.2) is 17.3 Å². The Morgan fingerprint density at radius 3 is 2.67 bits per heavy atom. The van der Waals surface area contributed by atoms with Gasteiger partial charge in [-0.15, -0.1) is 0 Å². The van der Waals surface area contributed by atoms with Crippen LogP contribution in [0.4, 0.5) is 5.82 Å². The number of anilines is 1. The van der Waals surface area contributed by atoms with E-state index < -0.39 is 0 Å². The van der Waals surface area contributed by atoms with Gasteiger partial charge in [-0.05, 0) is 32.0 Å². The number of aromatic nitrogens is 2. The van der Waals surface area contributed by atoms with Crippen LogP contribution in [0.15, 0.2) is 18.2 Å². The molecule has 0 saturated carbocycles. The summed E-state index contributed by atoms with van der Waals surface area (Å²) in [5.74, 6) is 2.58. The summed E-state index contributed by atoms with van der Waals surface area (Å²) in [4.78, 5) is 8.74. The highest BCUT2D eigenvalue weighted by Gasteiger charge is 2.15. The number of benzene rings is 1. The van der Waals surface area contributed by atoms with Gasteiger partial charge in [-0.1, -0.05) is 0 Å². The van der Waals surface area contributed by atoms with Gasteiger partial charge in [-0.25, -0.2) is 9.97 Å². The van der Waals surface area contributed by atoms with E-state index in [1.54, 1.807) is 0 Å². The van der Waals surface area contributed by atoms with E-state index in [2.05, 4.69) is 9.97 Å². The molecule has 2 aromatic rings. The van der Waals surface area contributed by atoms with Crippen molar-refractivity contribution in [3.63, 3.8) is 0 Å². The molecule has 1 aliphatic heterocycles. The fraction of sp³-hybridized carbons (Fsp3) is 0.231. The van der Waals surface area contributed by atoms with Crippen LogP contribution in [0, 0.1) is 13.8 Å². The molecule has 0 radical (unpaired) electrons. The molecule has 0 saturated heterocycles. The maximum atomic E-state index is 5.86. The molecule has 18 heavy (non-hydrogen) atoms. The van der Waals surface area contributed by atoms with Crippen molar-refractivity contribution in [2.45, 2.75) is 13.8 Å². The van der Waals surface area contributed by atoms with Crippen molar-refractivity contribution in [1.29, 1.82) is 0 Å². The normalized spacial score (nSPS) is 12.8. The number of nitrogen functional groups attached to an aromatic ring is 1. The zero-order valence-corrected chi connectivity index (χ0v) is 10.2. The molecule has 2 N–H and O–H groups in total. The number of nitrogens with two attached hydrogens (primary N) is 1. The number of ether oxygens (including phenoxy) is 2. The Balaban J connectivity index is 2.10. The predicted molar refractivity (Wildman–Crippen MR) is 67.5 cm³/mol.